The fraction of sp³-hybridized carbons (Fsp3) is 0.462. The van der Waals surface area contributed by atoms with Gasteiger partial charge in [-0.3, -0.25) is 9.59 Å². The lowest BCUT2D eigenvalue weighted by molar-refractivity contribution is -0.137. The van der Waals surface area contributed by atoms with Crippen LogP contribution in [-0.2, 0) is 11.0 Å². The molecule has 2 saturated heterocycles. The zero-order valence-electron chi connectivity index (χ0n) is 19.3. The third kappa shape index (κ3) is 5.78. The van der Waals surface area contributed by atoms with Gasteiger partial charge < -0.3 is 15.1 Å². The molecule has 0 bridgehead atoms. The molecule has 2 amide bonds. The molecular formula is C26H30F3N3O2. The topological polar surface area (TPSA) is 52.7 Å². The van der Waals surface area contributed by atoms with Gasteiger partial charge in [-0.2, -0.15) is 13.2 Å². The van der Waals surface area contributed by atoms with Crippen LogP contribution >= 0.6 is 0 Å². The minimum Gasteiger partial charge on any atom is -0.339 e. The van der Waals surface area contributed by atoms with E-state index in [1.54, 1.807) is 4.90 Å². The van der Waals surface area contributed by atoms with Crippen molar-refractivity contribution in [2.45, 2.75) is 44.8 Å². The number of amides is 2. The molecule has 2 aliphatic heterocycles. The molecule has 8 heteroatoms. The SMILES string of the molecule is Cc1ccc(NC(=O)C2CCN(C3CCN(C(=O)c4cccc(C(F)(F)F)c4)CC3)CC2)cc1. The Morgan fingerprint density at radius 3 is 2.18 bits per heavy atom. The van der Waals surface area contributed by atoms with Crippen molar-refractivity contribution in [2.75, 3.05) is 31.5 Å². The lowest BCUT2D eigenvalue weighted by Crippen LogP contribution is -2.49. The third-order valence-electron chi connectivity index (χ3n) is 6.92. The number of piperidine rings is 2. The van der Waals surface area contributed by atoms with Crippen LogP contribution in [0.4, 0.5) is 18.9 Å². The van der Waals surface area contributed by atoms with E-state index in [-0.39, 0.29) is 23.3 Å². The molecule has 5 nitrogen and oxygen atoms in total. The van der Waals surface area contributed by atoms with Crippen molar-refractivity contribution in [3.05, 3.63) is 65.2 Å². The van der Waals surface area contributed by atoms with Gasteiger partial charge in [0.1, 0.15) is 0 Å². The van der Waals surface area contributed by atoms with Gasteiger partial charge in [0.05, 0.1) is 5.56 Å². The molecule has 0 aromatic heterocycles. The van der Waals surface area contributed by atoms with Gasteiger partial charge in [-0.25, -0.2) is 0 Å². The summed E-state index contributed by atoms with van der Waals surface area (Å²) in [6.45, 7) is 4.71. The number of carbonyl (C=O) groups excluding carboxylic acids is 2. The number of alkyl halides is 3. The highest BCUT2D eigenvalue weighted by Crippen LogP contribution is 2.30. The molecule has 2 aromatic rings. The van der Waals surface area contributed by atoms with E-state index in [9.17, 15) is 22.8 Å². The summed E-state index contributed by atoms with van der Waals surface area (Å²) in [5, 5.41) is 3.01. The van der Waals surface area contributed by atoms with Gasteiger partial charge in [0, 0.05) is 36.3 Å². The second-order valence-electron chi connectivity index (χ2n) is 9.27. The van der Waals surface area contributed by atoms with Crippen molar-refractivity contribution >= 4 is 17.5 Å². The summed E-state index contributed by atoms with van der Waals surface area (Å²) >= 11 is 0. The molecule has 2 aliphatic rings. The Kier molecular flexibility index (Phi) is 7.26. The largest absolute Gasteiger partial charge is 0.416 e. The zero-order valence-corrected chi connectivity index (χ0v) is 19.3. The molecule has 34 heavy (non-hydrogen) atoms. The average Bonchev–Trinajstić information content (AvgIpc) is 2.85. The standard InChI is InChI=1S/C26H30F3N3O2/c1-18-5-7-22(8-6-18)30-24(33)19-9-13-31(14-10-19)23-11-15-32(16-12-23)25(34)20-3-2-4-21(17-20)26(27,28)29/h2-8,17,19,23H,9-16H2,1H3,(H,30,33). The third-order valence-corrected chi connectivity index (χ3v) is 6.92. The molecule has 0 spiro atoms. The first-order chi connectivity index (χ1) is 16.2. The van der Waals surface area contributed by atoms with Gasteiger partial charge in [-0.15, -0.1) is 0 Å². The van der Waals surface area contributed by atoms with Crippen LogP contribution in [0, 0.1) is 12.8 Å². The van der Waals surface area contributed by atoms with Crippen molar-refractivity contribution in [3.63, 3.8) is 0 Å². The van der Waals surface area contributed by atoms with Gasteiger partial charge in [0.25, 0.3) is 5.91 Å². The van der Waals surface area contributed by atoms with E-state index in [0.29, 0.717) is 19.1 Å². The highest BCUT2D eigenvalue weighted by molar-refractivity contribution is 5.94. The predicted molar refractivity (Wildman–Crippen MR) is 124 cm³/mol. The number of aryl methyl sites for hydroxylation is 1. The Morgan fingerprint density at radius 2 is 1.56 bits per heavy atom. The quantitative estimate of drug-likeness (QED) is 0.682. The zero-order chi connectivity index (χ0) is 24.3. The Bertz CT molecular complexity index is 1010. The molecule has 4 rings (SSSR count). The molecule has 182 valence electrons. The highest BCUT2D eigenvalue weighted by Gasteiger charge is 2.34. The first-order valence-corrected chi connectivity index (χ1v) is 11.8. The molecule has 1 N–H and O–H groups in total. The van der Waals surface area contributed by atoms with Crippen LogP contribution in [0.2, 0.25) is 0 Å². The van der Waals surface area contributed by atoms with Crippen LogP contribution in [0.15, 0.2) is 48.5 Å². The molecule has 0 unspecified atom stereocenters. The number of likely N-dealkylation sites (tertiary alicyclic amines) is 2. The minimum atomic E-state index is -4.47. The molecule has 2 heterocycles. The summed E-state index contributed by atoms with van der Waals surface area (Å²) in [6, 6.07) is 12.7. The number of nitrogens with one attached hydrogen (secondary N) is 1. The number of carbonyl (C=O) groups is 2. The van der Waals surface area contributed by atoms with Crippen LogP contribution in [0.5, 0.6) is 0 Å². The Morgan fingerprint density at radius 1 is 0.912 bits per heavy atom. The summed E-state index contributed by atoms with van der Waals surface area (Å²) in [4.78, 5) is 29.4. The van der Waals surface area contributed by atoms with Crippen LogP contribution in [0.3, 0.4) is 0 Å². The number of nitrogens with zero attached hydrogens (tertiary/aromatic N) is 2. The Balaban J connectivity index is 1.25. The number of rotatable bonds is 4. The second kappa shape index (κ2) is 10.2. The maximum atomic E-state index is 13.0. The molecule has 2 aromatic carbocycles. The molecule has 0 saturated carbocycles. The summed E-state index contributed by atoms with van der Waals surface area (Å²) in [6.07, 6.45) is -1.32. The van der Waals surface area contributed by atoms with Gasteiger partial charge >= 0.3 is 6.18 Å². The van der Waals surface area contributed by atoms with Gasteiger partial charge in [0.2, 0.25) is 5.91 Å². The lowest BCUT2D eigenvalue weighted by Gasteiger charge is -2.41. The van der Waals surface area contributed by atoms with E-state index in [4.69, 9.17) is 0 Å². The molecule has 2 fully saturated rings. The first kappa shape index (κ1) is 24.3. The number of hydrogen-bond acceptors (Lipinski definition) is 3. The fourth-order valence-electron chi connectivity index (χ4n) is 4.85. The van der Waals surface area contributed by atoms with E-state index < -0.39 is 11.7 Å². The lowest BCUT2D eigenvalue weighted by atomic mass is 9.92. The maximum absolute atomic E-state index is 13.0. The molecule has 0 radical (unpaired) electrons. The maximum Gasteiger partial charge on any atom is 0.416 e. The van der Waals surface area contributed by atoms with E-state index in [1.165, 1.54) is 12.1 Å². The summed E-state index contributed by atoms with van der Waals surface area (Å²) in [7, 11) is 0. The fourth-order valence-corrected chi connectivity index (χ4v) is 4.85. The van der Waals surface area contributed by atoms with Crippen molar-refractivity contribution in [2.24, 2.45) is 5.92 Å². The second-order valence-corrected chi connectivity index (χ2v) is 9.27. The normalized spacial score (nSPS) is 18.6. The van der Waals surface area contributed by atoms with E-state index in [2.05, 4.69) is 10.2 Å². The minimum absolute atomic E-state index is 0.0138. The highest BCUT2D eigenvalue weighted by atomic mass is 19.4. The van der Waals surface area contributed by atoms with Gasteiger partial charge in [-0.05, 0) is 76.0 Å². The predicted octanol–water partition coefficient (Wildman–Crippen LogP) is 4.97. The Hall–Kier alpha value is -2.87. The van der Waals surface area contributed by atoms with E-state index in [0.717, 1.165) is 62.2 Å². The van der Waals surface area contributed by atoms with Crippen LogP contribution < -0.4 is 5.32 Å². The summed E-state index contributed by atoms with van der Waals surface area (Å²) in [5.41, 5.74) is 1.24. The van der Waals surface area contributed by atoms with Crippen molar-refractivity contribution in [1.29, 1.82) is 0 Å². The molecule has 0 aliphatic carbocycles. The number of hydrogen-bond donors (Lipinski definition) is 1. The number of benzene rings is 2. The number of halogens is 3. The first-order valence-electron chi connectivity index (χ1n) is 11.8. The summed E-state index contributed by atoms with van der Waals surface area (Å²) in [5.74, 6) is -0.304. The molecular weight excluding hydrogens is 443 g/mol. The van der Waals surface area contributed by atoms with Crippen LogP contribution in [-0.4, -0.2) is 53.8 Å². The number of anilines is 1. The Labute approximate surface area is 197 Å². The van der Waals surface area contributed by atoms with Crippen molar-refractivity contribution in [3.8, 4) is 0 Å². The van der Waals surface area contributed by atoms with Crippen LogP contribution in [0.1, 0.15) is 47.2 Å². The van der Waals surface area contributed by atoms with Crippen molar-refractivity contribution < 1.29 is 22.8 Å². The molecule has 0 atom stereocenters. The van der Waals surface area contributed by atoms with E-state index >= 15 is 0 Å². The average molecular weight is 474 g/mol. The van der Waals surface area contributed by atoms with Crippen molar-refractivity contribution in [1.82, 2.24) is 9.80 Å². The van der Waals surface area contributed by atoms with Gasteiger partial charge in [-0.1, -0.05) is 23.8 Å². The van der Waals surface area contributed by atoms with Crippen LogP contribution in [0.25, 0.3) is 0 Å². The van der Waals surface area contributed by atoms with Gasteiger partial charge in [0.15, 0.2) is 0 Å². The smallest absolute Gasteiger partial charge is 0.339 e. The monoisotopic (exact) mass is 473 g/mol. The van der Waals surface area contributed by atoms with E-state index in [1.807, 2.05) is 31.2 Å². The summed E-state index contributed by atoms with van der Waals surface area (Å²) < 4.78 is 38.9.